The Bertz CT molecular complexity index is 540. The van der Waals surface area contributed by atoms with Crippen molar-refractivity contribution in [1.82, 2.24) is 0 Å². The Labute approximate surface area is 175 Å². The summed E-state index contributed by atoms with van der Waals surface area (Å²) in [6, 6.07) is 0. The molecular weight excluding hydrogens is 340 g/mol. The molecule has 162 valence electrons. The highest BCUT2D eigenvalue weighted by atomic mass is 16.3. The van der Waals surface area contributed by atoms with Crippen molar-refractivity contribution in [3.8, 4) is 0 Å². The molecule has 1 nitrogen and oxygen atoms in total. The van der Waals surface area contributed by atoms with Gasteiger partial charge in [-0.15, -0.1) is 0 Å². The summed E-state index contributed by atoms with van der Waals surface area (Å²) in [7, 11) is 0. The van der Waals surface area contributed by atoms with Gasteiger partial charge in [-0.2, -0.15) is 0 Å². The Kier molecular flexibility index (Phi) is 5.98. The van der Waals surface area contributed by atoms with Crippen molar-refractivity contribution >= 4 is 0 Å². The van der Waals surface area contributed by atoms with Gasteiger partial charge in [-0.3, -0.25) is 0 Å². The molecule has 0 saturated heterocycles. The first-order valence-corrected chi connectivity index (χ1v) is 13.0. The van der Waals surface area contributed by atoms with Gasteiger partial charge in [0, 0.05) is 0 Å². The van der Waals surface area contributed by atoms with Crippen molar-refractivity contribution in [3.05, 3.63) is 0 Å². The standard InChI is InChI=1S/C27H48O/c1-18(2)9-8-10-19(3)21-12-13-22-20-17-25(28)24-11-6-7-15-26(24,4)23(20)14-16-27(21,22)5/h18-25,28H,6-17H2,1-5H3/t19-,20+,21-,22+,23+,24?,25?,26-,27-/m1/s1. The average Bonchev–Trinajstić information content (AvgIpc) is 2.99. The van der Waals surface area contributed by atoms with Crippen LogP contribution in [-0.4, -0.2) is 11.2 Å². The van der Waals surface area contributed by atoms with E-state index >= 15 is 0 Å². The number of fused-ring (bicyclic) bond motifs is 5. The van der Waals surface area contributed by atoms with Gasteiger partial charge in [0.05, 0.1) is 6.10 Å². The molecule has 9 atom stereocenters. The summed E-state index contributed by atoms with van der Waals surface area (Å²) in [6.07, 6.45) is 16.6. The van der Waals surface area contributed by atoms with Crippen LogP contribution in [0.3, 0.4) is 0 Å². The second-order valence-electron chi connectivity index (χ2n) is 12.6. The molecule has 0 aromatic heterocycles. The zero-order chi connectivity index (χ0) is 20.1. The Morgan fingerprint density at radius 2 is 1.57 bits per heavy atom. The van der Waals surface area contributed by atoms with Crippen LogP contribution in [0.25, 0.3) is 0 Å². The molecule has 2 unspecified atom stereocenters. The van der Waals surface area contributed by atoms with Crippen LogP contribution in [0.15, 0.2) is 0 Å². The zero-order valence-corrected chi connectivity index (χ0v) is 19.6. The molecule has 0 amide bonds. The Morgan fingerprint density at radius 1 is 0.821 bits per heavy atom. The molecule has 0 spiro atoms. The van der Waals surface area contributed by atoms with Crippen molar-refractivity contribution in [2.45, 2.75) is 118 Å². The van der Waals surface area contributed by atoms with Crippen molar-refractivity contribution in [3.63, 3.8) is 0 Å². The van der Waals surface area contributed by atoms with Crippen molar-refractivity contribution in [2.75, 3.05) is 0 Å². The molecule has 0 aromatic rings. The van der Waals surface area contributed by atoms with Crippen LogP contribution in [0.2, 0.25) is 0 Å². The summed E-state index contributed by atoms with van der Waals surface area (Å²) >= 11 is 0. The fourth-order valence-corrected chi connectivity index (χ4v) is 9.38. The molecule has 4 fully saturated rings. The highest BCUT2D eigenvalue weighted by Gasteiger charge is 2.61. The molecule has 0 aliphatic heterocycles. The number of hydrogen-bond donors (Lipinski definition) is 1. The van der Waals surface area contributed by atoms with E-state index in [1.165, 1.54) is 70.6 Å². The van der Waals surface area contributed by atoms with E-state index in [4.69, 9.17) is 0 Å². The molecule has 0 aromatic carbocycles. The highest BCUT2D eigenvalue weighted by molar-refractivity contribution is 5.10. The fourth-order valence-electron chi connectivity index (χ4n) is 9.38. The molecule has 4 rings (SSSR count). The third-order valence-corrected chi connectivity index (χ3v) is 10.8. The lowest BCUT2D eigenvalue weighted by molar-refractivity contribution is -0.159. The van der Waals surface area contributed by atoms with E-state index in [2.05, 4.69) is 34.6 Å². The van der Waals surface area contributed by atoms with Gasteiger partial charge in [0.25, 0.3) is 0 Å². The largest absolute Gasteiger partial charge is 0.393 e. The monoisotopic (exact) mass is 388 g/mol. The number of rotatable bonds is 5. The minimum atomic E-state index is -0.0172. The van der Waals surface area contributed by atoms with Crippen LogP contribution in [0.4, 0.5) is 0 Å². The first-order valence-electron chi connectivity index (χ1n) is 13.0. The fraction of sp³-hybridized carbons (Fsp3) is 1.00. The minimum Gasteiger partial charge on any atom is -0.393 e. The van der Waals surface area contributed by atoms with E-state index in [1.54, 1.807) is 0 Å². The van der Waals surface area contributed by atoms with E-state index in [9.17, 15) is 5.11 Å². The summed E-state index contributed by atoms with van der Waals surface area (Å²) < 4.78 is 0. The van der Waals surface area contributed by atoms with Crippen molar-refractivity contribution in [2.24, 2.45) is 52.3 Å². The molecule has 0 heterocycles. The Morgan fingerprint density at radius 3 is 2.32 bits per heavy atom. The van der Waals surface area contributed by atoms with E-state index in [1.807, 2.05) is 0 Å². The molecule has 1 N–H and O–H groups in total. The van der Waals surface area contributed by atoms with Gasteiger partial charge < -0.3 is 5.11 Å². The van der Waals surface area contributed by atoms with E-state index in [0.29, 0.717) is 16.7 Å². The third-order valence-electron chi connectivity index (χ3n) is 10.8. The van der Waals surface area contributed by atoms with Gasteiger partial charge in [0.2, 0.25) is 0 Å². The SMILES string of the molecule is CC(C)CCC[C@@H](C)[C@H]1CC[C@H]2[C@@H]3CC(O)C4CCCC[C@]4(C)[C@H]3CC[C@]12C. The molecule has 1 heteroatoms. The summed E-state index contributed by atoms with van der Waals surface area (Å²) in [6.45, 7) is 12.6. The highest BCUT2D eigenvalue weighted by Crippen LogP contribution is 2.68. The third kappa shape index (κ3) is 3.40. The van der Waals surface area contributed by atoms with E-state index in [0.717, 1.165) is 41.9 Å². The predicted molar refractivity (Wildman–Crippen MR) is 119 cm³/mol. The number of hydrogen-bond acceptors (Lipinski definition) is 1. The van der Waals surface area contributed by atoms with Crippen LogP contribution < -0.4 is 0 Å². The lowest BCUT2D eigenvalue weighted by atomic mass is 9.44. The maximum Gasteiger partial charge on any atom is 0.0576 e. The van der Waals surface area contributed by atoms with Gasteiger partial charge in [0.15, 0.2) is 0 Å². The van der Waals surface area contributed by atoms with Crippen molar-refractivity contribution in [1.29, 1.82) is 0 Å². The average molecular weight is 389 g/mol. The molecule has 28 heavy (non-hydrogen) atoms. The van der Waals surface area contributed by atoms with Gasteiger partial charge in [0.1, 0.15) is 0 Å². The predicted octanol–water partition coefficient (Wildman–Crippen LogP) is 7.47. The van der Waals surface area contributed by atoms with Gasteiger partial charge in [-0.1, -0.05) is 66.7 Å². The first kappa shape index (κ1) is 21.2. The van der Waals surface area contributed by atoms with E-state index in [-0.39, 0.29) is 6.10 Å². The van der Waals surface area contributed by atoms with Gasteiger partial charge >= 0.3 is 0 Å². The smallest absolute Gasteiger partial charge is 0.0576 e. The van der Waals surface area contributed by atoms with Crippen molar-refractivity contribution < 1.29 is 5.11 Å². The van der Waals surface area contributed by atoms with Crippen LogP contribution in [0, 0.1) is 52.3 Å². The summed E-state index contributed by atoms with van der Waals surface area (Å²) in [5.41, 5.74) is 0.985. The number of aliphatic hydroxyl groups is 1. The van der Waals surface area contributed by atoms with Crippen LogP contribution in [0.1, 0.15) is 112 Å². The van der Waals surface area contributed by atoms with Crippen LogP contribution >= 0.6 is 0 Å². The van der Waals surface area contributed by atoms with Gasteiger partial charge in [-0.05, 0) is 97.2 Å². The second kappa shape index (κ2) is 7.90. The van der Waals surface area contributed by atoms with E-state index < -0.39 is 0 Å². The van der Waals surface area contributed by atoms with Crippen LogP contribution in [0.5, 0.6) is 0 Å². The molecule has 4 aliphatic rings. The summed E-state index contributed by atoms with van der Waals surface area (Å²) in [5.74, 6) is 5.85. The Hall–Kier alpha value is -0.0400. The molecule has 4 aliphatic carbocycles. The quantitative estimate of drug-likeness (QED) is 0.518. The number of aliphatic hydroxyl groups excluding tert-OH is 1. The second-order valence-corrected chi connectivity index (χ2v) is 12.6. The first-order chi connectivity index (χ1) is 13.3. The lowest BCUT2D eigenvalue weighted by Crippen LogP contribution is -2.57. The topological polar surface area (TPSA) is 20.2 Å². The minimum absolute atomic E-state index is 0.0172. The maximum atomic E-state index is 11.2. The zero-order valence-electron chi connectivity index (χ0n) is 19.6. The van der Waals surface area contributed by atoms with Gasteiger partial charge in [-0.25, -0.2) is 0 Å². The normalized spacial score (nSPS) is 49.4. The summed E-state index contributed by atoms with van der Waals surface area (Å²) in [5, 5.41) is 11.2. The molecule has 4 saturated carbocycles. The molecular formula is C27H48O. The van der Waals surface area contributed by atoms with Crippen LogP contribution in [-0.2, 0) is 0 Å². The molecule has 0 radical (unpaired) electrons. The lowest BCUT2D eigenvalue weighted by Gasteiger charge is -2.62. The Balaban J connectivity index is 1.49. The summed E-state index contributed by atoms with van der Waals surface area (Å²) in [4.78, 5) is 0. The molecule has 0 bridgehead atoms. The maximum absolute atomic E-state index is 11.2.